The molecule has 2 aromatic rings. The molecule has 0 aromatic heterocycles. The molecule has 5 rings (SSSR count). The van der Waals surface area contributed by atoms with Gasteiger partial charge in [-0.1, -0.05) is 30.3 Å². The van der Waals surface area contributed by atoms with E-state index in [0.717, 1.165) is 16.7 Å². The van der Waals surface area contributed by atoms with Crippen molar-refractivity contribution in [3.8, 4) is 11.5 Å². The zero-order chi connectivity index (χ0) is 20.7. The average Bonchev–Trinajstić information content (AvgIpc) is 2.72. The Bertz CT molecular complexity index is 1020. The molecule has 2 aromatic carbocycles. The van der Waals surface area contributed by atoms with Gasteiger partial charge in [0.25, 0.3) is 0 Å². The number of rotatable bonds is 3. The molecule has 1 N–H and O–H groups in total. The molecule has 30 heavy (non-hydrogen) atoms. The van der Waals surface area contributed by atoms with Gasteiger partial charge >= 0.3 is 6.09 Å². The lowest BCUT2D eigenvalue weighted by Crippen LogP contribution is -2.33. The number of hydrogen-bond donors (Lipinski definition) is 1. The second-order valence-electron chi connectivity index (χ2n) is 7.77. The molecule has 1 saturated heterocycles. The van der Waals surface area contributed by atoms with Crippen LogP contribution in [0.4, 0.5) is 9.18 Å². The first kappa shape index (κ1) is 18.9. The van der Waals surface area contributed by atoms with Crippen molar-refractivity contribution < 1.29 is 28.5 Å². The molecule has 0 saturated carbocycles. The summed E-state index contributed by atoms with van der Waals surface area (Å²) in [5.74, 6) is 1.16. The van der Waals surface area contributed by atoms with Crippen molar-refractivity contribution in [3.63, 3.8) is 0 Å². The first-order valence-corrected chi connectivity index (χ1v) is 10.1. The van der Waals surface area contributed by atoms with Crippen LogP contribution >= 0.6 is 0 Å². The van der Waals surface area contributed by atoms with Crippen LogP contribution in [0.1, 0.15) is 35.1 Å². The molecule has 1 fully saturated rings. The number of hydrogen-bond acceptors (Lipinski definition) is 4. The summed E-state index contributed by atoms with van der Waals surface area (Å²) in [6, 6.07) is 10.9. The highest BCUT2D eigenvalue weighted by molar-refractivity contribution is 5.76. The van der Waals surface area contributed by atoms with E-state index in [9.17, 15) is 9.18 Å². The minimum Gasteiger partial charge on any atom is -0.485 e. The minimum absolute atomic E-state index is 0.227. The molecule has 0 spiro atoms. The molecule has 3 aliphatic rings. The minimum atomic E-state index is -0.924. The SMILES string of the molecule is O=C(O)N1CC=C(c2cccc3c2OC(c2ccc(C4COC4)cc2F)CO3)CC1. The number of fused-ring (bicyclic) bond motifs is 1. The normalized spacial score (nSPS) is 21.0. The summed E-state index contributed by atoms with van der Waals surface area (Å²) in [7, 11) is 0. The Balaban J connectivity index is 1.41. The lowest BCUT2D eigenvalue weighted by molar-refractivity contribution is 0.00826. The summed E-state index contributed by atoms with van der Waals surface area (Å²) in [5.41, 5.74) is 3.28. The smallest absolute Gasteiger partial charge is 0.407 e. The van der Waals surface area contributed by atoms with Gasteiger partial charge in [0, 0.05) is 30.1 Å². The molecule has 0 bridgehead atoms. The Morgan fingerprint density at radius 1 is 1.17 bits per heavy atom. The maximum Gasteiger partial charge on any atom is 0.407 e. The average molecular weight is 411 g/mol. The van der Waals surface area contributed by atoms with Crippen molar-refractivity contribution in [2.45, 2.75) is 18.4 Å². The van der Waals surface area contributed by atoms with Gasteiger partial charge in [-0.2, -0.15) is 0 Å². The van der Waals surface area contributed by atoms with Gasteiger partial charge < -0.3 is 24.2 Å². The van der Waals surface area contributed by atoms with Gasteiger partial charge in [-0.15, -0.1) is 0 Å². The standard InChI is InChI=1S/C23H22FNO5/c24-19-10-15(16-11-28-12-16)4-5-18(19)21-13-29-20-3-1-2-17(22(20)30-21)14-6-8-25(9-7-14)23(26)27/h1-6,10,16,21H,7-9,11-13H2,(H,26,27). The third-order valence-corrected chi connectivity index (χ3v) is 5.94. The van der Waals surface area contributed by atoms with Crippen LogP contribution in [0, 0.1) is 5.82 Å². The highest BCUT2D eigenvalue weighted by atomic mass is 19.1. The fourth-order valence-corrected chi connectivity index (χ4v) is 4.07. The van der Waals surface area contributed by atoms with Gasteiger partial charge in [-0.05, 0) is 29.7 Å². The van der Waals surface area contributed by atoms with E-state index in [0.29, 0.717) is 49.8 Å². The second kappa shape index (κ2) is 7.65. The Hall–Kier alpha value is -3.06. The van der Waals surface area contributed by atoms with Gasteiger partial charge in [0.05, 0.1) is 13.2 Å². The molecule has 0 radical (unpaired) electrons. The Labute approximate surface area is 173 Å². The van der Waals surface area contributed by atoms with E-state index < -0.39 is 12.2 Å². The number of para-hydroxylation sites is 1. The van der Waals surface area contributed by atoms with Gasteiger partial charge in [0.2, 0.25) is 0 Å². The Morgan fingerprint density at radius 2 is 2.03 bits per heavy atom. The van der Waals surface area contributed by atoms with E-state index in [2.05, 4.69) is 0 Å². The molecule has 0 aliphatic carbocycles. The van der Waals surface area contributed by atoms with Crippen molar-refractivity contribution in [3.05, 3.63) is 65.0 Å². The quantitative estimate of drug-likeness (QED) is 0.819. The largest absolute Gasteiger partial charge is 0.485 e. The van der Waals surface area contributed by atoms with Crippen LogP contribution in [-0.4, -0.2) is 49.0 Å². The van der Waals surface area contributed by atoms with Crippen molar-refractivity contribution in [2.75, 3.05) is 32.9 Å². The Morgan fingerprint density at radius 3 is 2.70 bits per heavy atom. The molecule has 1 atom stereocenters. The summed E-state index contributed by atoms with van der Waals surface area (Å²) >= 11 is 0. The zero-order valence-electron chi connectivity index (χ0n) is 16.3. The number of carboxylic acid groups (broad SMARTS) is 1. The lowest BCUT2D eigenvalue weighted by atomic mass is 9.95. The summed E-state index contributed by atoms with van der Waals surface area (Å²) in [4.78, 5) is 12.5. The van der Waals surface area contributed by atoms with Crippen LogP contribution < -0.4 is 9.47 Å². The maximum atomic E-state index is 14.9. The van der Waals surface area contributed by atoms with Crippen LogP contribution in [0.3, 0.4) is 0 Å². The van der Waals surface area contributed by atoms with Gasteiger partial charge in [0.15, 0.2) is 17.6 Å². The number of amides is 1. The Kier molecular flexibility index (Phi) is 4.83. The highest BCUT2D eigenvalue weighted by Gasteiger charge is 2.30. The van der Waals surface area contributed by atoms with E-state index in [1.807, 2.05) is 30.3 Å². The maximum absolute atomic E-state index is 14.9. The number of nitrogens with zero attached hydrogens (tertiary/aromatic N) is 1. The monoisotopic (exact) mass is 411 g/mol. The molecule has 1 unspecified atom stereocenters. The molecule has 7 heteroatoms. The molecule has 3 aliphatic heterocycles. The molecular weight excluding hydrogens is 389 g/mol. The molecule has 156 valence electrons. The second-order valence-corrected chi connectivity index (χ2v) is 7.77. The molecular formula is C23H22FNO5. The van der Waals surface area contributed by atoms with Crippen molar-refractivity contribution >= 4 is 11.7 Å². The van der Waals surface area contributed by atoms with Crippen LogP contribution in [0.5, 0.6) is 11.5 Å². The van der Waals surface area contributed by atoms with E-state index in [1.165, 1.54) is 4.90 Å². The summed E-state index contributed by atoms with van der Waals surface area (Å²) in [5, 5.41) is 9.16. The zero-order valence-corrected chi connectivity index (χ0v) is 16.3. The van der Waals surface area contributed by atoms with Crippen molar-refractivity contribution in [2.24, 2.45) is 0 Å². The highest BCUT2D eigenvalue weighted by Crippen LogP contribution is 2.43. The van der Waals surface area contributed by atoms with Crippen LogP contribution in [-0.2, 0) is 4.74 Å². The van der Waals surface area contributed by atoms with Crippen LogP contribution in [0.15, 0.2) is 42.5 Å². The van der Waals surface area contributed by atoms with Crippen molar-refractivity contribution in [1.82, 2.24) is 4.90 Å². The number of benzene rings is 2. The first-order valence-electron chi connectivity index (χ1n) is 10.1. The first-order chi connectivity index (χ1) is 14.6. The topological polar surface area (TPSA) is 68.2 Å². The predicted octanol–water partition coefficient (Wildman–Crippen LogP) is 4.22. The summed E-state index contributed by atoms with van der Waals surface area (Å²) in [6.07, 6.45) is 1.01. The summed E-state index contributed by atoms with van der Waals surface area (Å²) < 4.78 is 32.2. The summed E-state index contributed by atoms with van der Waals surface area (Å²) in [6.45, 7) is 2.25. The van der Waals surface area contributed by atoms with Crippen LogP contribution in [0.2, 0.25) is 0 Å². The third-order valence-electron chi connectivity index (χ3n) is 5.94. The number of halogens is 1. The van der Waals surface area contributed by atoms with E-state index in [1.54, 1.807) is 12.1 Å². The molecule has 1 amide bonds. The van der Waals surface area contributed by atoms with E-state index >= 15 is 0 Å². The van der Waals surface area contributed by atoms with E-state index in [4.69, 9.17) is 19.3 Å². The fraction of sp³-hybridized carbons (Fsp3) is 0.348. The molecule has 6 nitrogen and oxygen atoms in total. The van der Waals surface area contributed by atoms with Crippen LogP contribution in [0.25, 0.3) is 5.57 Å². The predicted molar refractivity (Wildman–Crippen MR) is 107 cm³/mol. The molecule has 3 heterocycles. The third kappa shape index (κ3) is 3.39. The van der Waals surface area contributed by atoms with Gasteiger partial charge in [0.1, 0.15) is 12.4 Å². The number of ether oxygens (including phenoxy) is 3. The van der Waals surface area contributed by atoms with E-state index in [-0.39, 0.29) is 18.3 Å². The number of carbonyl (C=O) groups is 1. The fourth-order valence-electron chi connectivity index (χ4n) is 4.07. The lowest BCUT2D eigenvalue weighted by Gasteiger charge is -2.31. The van der Waals surface area contributed by atoms with Gasteiger partial charge in [-0.25, -0.2) is 9.18 Å². The van der Waals surface area contributed by atoms with Crippen molar-refractivity contribution in [1.29, 1.82) is 0 Å². The van der Waals surface area contributed by atoms with Gasteiger partial charge in [-0.3, -0.25) is 0 Å².